The van der Waals surface area contributed by atoms with Crippen LogP contribution < -0.4 is 15.6 Å². The Morgan fingerprint density at radius 1 is 1.03 bits per heavy atom. The van der Waals surface area contributed by atoms with E-state index in [0.29, 0.717) is 83.9 Å². The number of esters is 1. The van der Waals surface area contributed by atoms with Gasteiger partial charge in [0.2, 0.25) is 11.8 Å². The maximum Gasteiger partial charge on any atom is 0.401 e. The number of benzene rings is 1. The predicted molar refractivity (Wildman–Crippen MR) is 283 cm³/mol. The van der Waals surface area contributed by atoms with Gasteiger partial charge in [0.15, 0.2) is 0 Å². The number of rotatable bonds is 11. The monoisotopic (exact) mass is 1130 g/mol. The highest BCUT2D eigenvalue weighted by Gasteiger charge is 2.55. The second kappa shape index (κ2) is 22.6. The van der Waals surface area contributed by atoms with Gasteiger partial charge in [-0.15, -0.1) is 11.3 Å². The first-order valence-corrected chi connectivity index (χ1v) is 28.0. The molecule has 2 N–H and O–H groups in total. The molecule has 424 valence electrons. The van der Waals surface area contributed by atoms with Crippen molar-refractivity contribution in [3.63, 3.8) is 0 Å². The molecule has 6 atom stereocenters. The quantitative estimate of drug-likeness (QED) is 0.0893. The van der Waals surface area contributed by atoms with E-state index < -0.39 is 88.8 Å². The summed E-state index contributed by atoms with van der Waals surface area (Å²) in [6, 6.07) is 1.99. The van der Waals surface area contributed by atoms with Crippen molar-refractivity contribution in [2.45, 2.75) is 123 Å². The van der Waals surface area contributed by atoms with Gasteiger partial charge in [-0.1, -0.05) is 39.3 Å². The molecule has 4 fully saturated rings. The van der Waals surface area contributed by atoms with Crippen LogP contribution in [0.3, 0.4) is 0 Å². The average Bonchev–Trinajstić information content (AvgIpc) is 4.23. The summed E-state index contributed by atoms with van der Waals surface area (Å²) in [5.74, 6) is -4.02. The average molecular weight is 1130 g/mol. The van der Waals surface area contributed by atoms with Gasteiger partial charge in [-0.05, 0) is 75.6 Å². The number of hydrogen-bond acceptors (Lipinski definition) is 13. The summed E-state index contributed by atoms with van der Waals surface area (Å²) in [5, 5.41) is 7.05. The molecular formula is C54H68ClF5N10O7S. The minimum atomic E-state index is -4.32. The van der Waals surface area contributed by atoms with Crippen molar-refractivity contribution >= 4 is 69.1 Å². The smallest absolute Gasteiger partial charge is 0.401 e. The number of pyridine rings is 1. The lowest BCUT2D eigenvalue weighted by Gasteiger charge is -2.37. The number of aromatic nitrogens is 3. The van der Waals surface area contributed by atoms with Gasteiger partial charge >= 0.3 is 12.1 Å². The molecule has 8 heterocycles. The van der Waals surface area contributed by atoms with Crippen LogP contribution in [0.1, 0.15) is 89.6 Å². The maximum atomic E-state index is 17.0. The lowest BCUT2D eigenvalue weighted by atomic mass is 9.84. The Labute approximate surface area is 459 Å². The van der Waals surface area contributed by atoms with Crippen LogP contribution in [0.25, 0.3) is 33.4 Å². The van der Waals surface area contributed by atoms with Crippen molar-refractivity contribution in [3.8, 4) is 22.5 Å². The number of alkyl halides is 5. The zero-order valence-corrected chi connectivity index (χ0v) is 46.6. The summed E-state index contributed by atoms with van der Waals surface area (Å²) in [4.78, 5) is 86.3. The molecule has 1 spiro atoms. The van der Waals surface area contributed by atoms with Crippen molar-refractivity contribution in [1.82, 2.24) is 45.0 Å². The Morgan fingerprint density at radius 3 is 2.44 bits per heavy atom. The number of carbonyl (C=O) groups is 5. The number of amides is 4. The van der Waals surface area contributed by atoms with Crippen LogP contribution in [0, 0.1) is 22.6 Å². The van der Waals surface area contributed by atoms with Crippen LogP contribution >= 0.6 is 22.9 Å². The highest BCUT2D eigenvalue weighted by molar-refractivity contribution is 7.10. The number of carbonyl (C=O) groups excluding carboxylic acids is 5. The number of aryl methyl sites for hydroxylation is 1. The Bertz CT molecular complexity index is 2950. The van der Waals surface area contributed by atoms with E-state index in [1.54, 1.807) is 38.6 Å². The number of nitrogens with zero attached hydrogens (tertiary/aromatic N) is 8. The van der Waals surface area contributed by atoms with Gasteiger partial charge in [0.05, 0.1) is 64.2 Å². The summed E-state index contributed by atoms with van der Waals surface area (Å²) >= 11 is 6.66. The van der Waals surface area contributed by atoms with Gasteiger partial charge in [0, 0.05) is 99.7 Å². The van der Waals surface area contributed by atoms with Crippen LogP contribution in [-0.2, 0) is 52.8 Å². The molecule has 5 aliphatic rings. The first kappa shape index (κ1) is 57.2. The lowest BCUT2D eigenvalue weighted by molar-refractivity contribution is -0.155. The molecule has 1 unspecified atom stereocenters. The number of likely N-dealkylation sites (tertiary alicyclic amines) is 2. The Balaban J connectivity index is 1.10. The van der Waals surface area contributed by atoms with E-state index in [2.05, 4.69) is 10.7 Å². The molecule has 0 saturated carbocycles. The second-order valence-electron chi connectivity index (χ2n) is 22.5. The van der Waals surface area contributed by atoms with Crippen molar-refractivity contribution in [2.24, 2.45) is 16.7 Å². The highest BCUT2D eigenvalue weighted by atomic mass is 35.5. The molecular weight excluding hydrogens is 1060 g/mol. The number of hydrazine groups is 1. The first-order chi connectivity index (χ1) is 36.9. The van der Waals surface area contributed by atoms with E-state index in [1.165, 1.54) is 37.1 Å². The third-order valence-electron chi connectivity index (χ3n) is 16.1. The van der Waals surface area contributed by atoms with Gasteiger partial charge in [-0.25, -0.2) is 19.2 Å². The largest absolute Gasteiger partial charge is 0.464 e. The number of thiazole rings is 1. The Kier molecular flexibility index (Phi) is 16.6. The van der Waals surface area contributed by atoms with Crippen molar-refractivity contribution in [2.75, 3.05) is 77.5 Å². The van der Waals surface area contributed by atoms with E-state index >= 15 is 4.39 Å². The third-order valence-corrected chi connectivity index (χ3v) is 17.1. The molecule has 0 aliphatic carbocycles. The number of ether oxygens (including phenoxy) is 2. The van der Waals surface area contributed by atoms with E-state index in [-0.39, 0.29) is 70.2 Å². The van der Waals surface area contributed by atoms with E-state index in [4.69, 9.17) is 31.0 Å². The topological polar surface area (TPSA) is 175 Å². The number of piperazine rings is 1. The number of halogens is 6. The molecule has 6 bridgehead atoms. The van der Waals surface area contributed by atoms with Crippen LogP contribution in [-0.4, -0.2) is 166 Å². The zero-order chi connectivity index (χ0) is 56.2. The number of hydrogen-bond donors (Lipinski definition) is 2. The predicted octanol–water partition coefficient (Wildman–Crippen LogP) is 7.04. The van der Waals surface area contributed by atoms with Crippen molar-refractivity contribution in [1.29, 1.82) is 0 Å². The fourth-order valence-corrected chi connectivity index (χ4v) is 13.0. The van der Waals surface area contributed by atoms with E-state index in [1.807, 2.05) is 43.2 Å². The minimum Gasteiger partial charge on any atom is -0.464 e. The van der Waals surface area contributed by atoms with Crippen molar-refractivity contribution in [3.05, 3.63) is 51.9 Å². The van der Waals surface area contributed by atoms with E-state index in [9.17, 15) is 41.5 Å². The normalized spacial score (nSPS) is 23.8. The van der Waals surface area contributed by atoms with Gasteiger partial charge in [-0.3, -0.25) is 38.9 Å². The molecule has 9 rings (SSSR count). The number of methoxy groups -OCH3 is 1. The fourth-order valence-electron chi connectivity index (χ4n) is 12.0. The van der Waals surface area contributed by atoms with Gasteiger partial charge < -0.3 is 34.1 Å². The van der Waals surface area contributed by atoms with E-state index in [0.717, 1.165) is 11.3 Å². The Hall–Kier alpha value is -5.49. The third kappa shape index (κ3) is 11.6. The van der Waals surface area contributed by atoms with Crippen LogP contribution in [0.15, 0.2) is 29.8 Å². The lowest BCUT2D eigenvalue weighted by Crippen LogP contribution is -2.62. The van der Waals surface area contributed by atoms with Crippen LogP contribution in [0.2, 0.25) is 0 Å². The van der Waals surface area contributed by atoms with Crippen LogP contribution in [0.5, 0.6) is 0 Å². The first-order valence-electron chi connectivity index (χ1n) is 26.7. The minimum absolute atomic E-state index is 0.0320. The molecule has 5 aliphatic heterocycles. The summed E-state index contributed by atoms with van der Waals surface area (Å²) < 4.78 is 85.0. The molecule has 0 radical (unpaired) electrons. The summed E-state index contributed by atoms with van der Waals surface area (Å²) in [6.45, 7) is 12.2. The number of cyclic esters (lactones) is 1. The number of anilines is 1. The zero-order valence-electron chi connectivity index (χ0n) is 45.0. The molecule has 4 saturated heterocycles. The number of nitrogens with one attached hydrogen (secondary N) is 2. The Morgan fingerprint density at radius 2 is 1.76 bits per heavy atom. The molecule has 78 heavy (non-hydrogen) atoms. The van der Waals surface area contributed by atoms with Gasteiger partial charge in [-0.2, -0.15) is 13.2 Å². The molecule has 4 aromatic rings. The molecule has 3 aromatic heterocycles. The van der Waals surface area contributed by atoms with Crippen LogP contribution in [0.4, 0.5) is 27.6 Å². The standard InChI is InChI=1S/C54H68ClF5N10O7S/c1-8-68-41-22-37(56)34-21-33(41)36(45(68)35-20-32(25-61-43(35)31(4)76-7)66-18-16-65(17-19-66)28-54(58,59)60)24-52(5,6)29-77-50(74)38-10-9-13-70(64-38)48(72)39(23-42-62-40(34)26-78-42)63-47(71)44(30(2)3)69-15-12-53(51(69)75)11-14-67(27-53)49(73)46(55)57/h20-22,25-26,30-31,38-39,44,46,64H,8-19,23-24,27-29H2,1-7H3,(H,63,71)/t31-,38-,39-,44-,46-,53?/m0/s1. The number of fused-ring (bicyclic) bond motifs is 6. The second-order valence-corrected chi connectivity index (χ2v) is 23.8. The molecule has 1 aromatic carbocycles. The van der Waals surface area contributed by atoms with Gasteiger partial charge in [0.25, 0.3) is 17.4 Å². The fraction of sp³-hybridized carbons (Fsp3) is 0.611. The van der Waals surface area contributed by atoms with Gasteiger partial charge in [0.1, 0.15) is 23.9 Å². The van der Waals surface area contributed by atoms with Crippen molar-refractivity contribution < 1.29 is 55.4 Å². The summed E-state index contributed by atoms with van der Waals surface area (Å²) in [6.07, 6.45) is -1.55. The summed E-state index contributed by atoms with van der Waals surface area (Å²) in [5.41, 5.74) is 3.64. The molecule has 4 amide bonds. The SMILES string of the molecule is CCn1c(-c2cc(N3CCN(CC(F)(F)F)CC3)cnc2[C@H](C)OC)c2c3cc(c(F)cc31)-c1csc(n1)C[C@H](NC(=O)[C@H](C(C)C)N1CCC3(CCN(C(=O)[C@H](F)Cl)C3)C1=O)C(=O)N1CCC[C@H](N1)C(=O)OCC(C)(C)C2. The molecule has 17 nitrogen and oxygen atoms in total. The maximum absolute atomic E-state index is 17.0. The highest BCUT2D eigenvalue weighted by Crippen LogP contribution is 2.45. The summed E-state index contributed by atoms with van der Waals surface area (Å²) in [7, 11) is 1.57. The molecule has 24 heteroatoms.